The van der Waals surface area contributed by atoms with Gasteiger partial charge in [0.2, 0.25) is 11.8 Å². The average molecular weight is 363 g/mol. The van der Waals surface area contributed by atoms with Crippen molar-refractivity contribution < 1.29 is 9.59 Å². The number of nitrogens with one attached hydrogen (secondary N) is 1. The summed E-state index contributed by atoms with van der Waals surface area (Å²) in [5.74, 6) is 0.0195. The van der Waals surface area contributed by atoms with Crippen LogP contribution in [-0.4, -0.2) is 59.9 Å². The lowest BCUT2D eigenvalue weighted by atomic mass is 9.98. The minimum atomic E-state index is -0.452. The van der Waals surface area contributed by atoms with Crippen LogP contribution in [0.5, 0.6) is 0 Å². The highest BCUT2D eigenvalue weighted by molar-refractivity contribution is 5.97. The normalized spacial score (nSPS) is 23.0. The summed E-state index contributed by atoms with van der Waals surface area (Å²) in [6.07, 6.45) is 1.51. The van der Waals surface area contributed by atoms with Gasteiger partial charge in [0.15, 0.2) is 0 Å². The number of carbonyl (C=O) groups is 2. The second-order valence-electron chi connectivity index (χ2n) is 7.33. The Kier molecular flexibility index (Phi) is 5.21. The molecule has 0 spiro atoms. The van der Waals surface area contributed by atoms with Crippen LogP contribution >= 0.6 is 0 Å². The van der Waals surface area contributed by atoms with Gasteiger partial charge in [-0.25, -0.2) is 0 Å². The molecule has 2 heterocycles. The first kappa shape index (κ1) is 17.7. The predicted molar refractivity (Wildman–Crippen MR) is 104 cm³/mol. The monoisotopic (exact) mass is 363 g/mol. The molecule has 1 N–H and O–H groups in total. The summed E-state index contributed by atoms with van der Waals surface area (Å²) in [5, 5.41) is 2.95. The van der Waals surface area contributed by atoms with E-state index >= 15 is 0 Å². The molecular weight excluding hydrogens is 338 g/mol. The van der Waals surface area contributed by atoms with Gasteiger partial charge < -0.3 is 10.2 Å². The molecule has 0 aromatic heterocycles. The van der Waals surface area contributed by atoms with Crippen LogP contribution in [-0.2, 0) is 22.4 Å². The van der Waals surface area contributed by atoms with Crippen molar-refractivity contribution in [2.24, 2.45) is 0 Å². The van der Waals surface area contributed by atoms with Crippen molar-refractivity contribution in [1.82, 2.24) is 15.1 Å². The lowest BCUT2D eigenvalue weighted by Crippen LogP contribution is -2.69. The maximum atomic E-state index is 12.9. The minimum absolute atomic E-state index is 0.0278. The molecule has 27 heavy (non-hydrogen) atoms. The zero-order valence-corrected chi connectivity index (χ0v) is 15.4. The van der Waals surface area contributed by atoms with Gasteiger partial charge in [0.25, 0.3) is 0 Å². The number of piperazine rings is 2. The summed E-state index contributed by atoms with van der Waals surface area (Å²) in [5.41, 5.74) is 2.36. The van der Waals surface area contributed by atoms with Crippen LogP contribution in [0.3, 0.4) is 0 Å². The lowest BCUT2D eigenvalue weighted by molar-refractivity contribution is -0.152. The third-order valence-corrected chi connectivity index (χ3v) is 5.51. The zero-order chi connectivity index (χ0) is 18.6. The Labute approximate surface area is 160 Å². The summed E-state index contributed by atoms with van der Waals surface area (Å²) in [7, 11) is 0. The van der Waals surface area contributed by atoms with Gasteiger partial charge >= 0.3 is 0 Å². The highest BCUT2D eigenvalue weighted by Crippen LogP contribution is 2.18. The fourth-order valence-corrected chi connectivity index (χ4v) is 3.98. The Morgan fingerprint density at radius 2 is 1.56 bits per heavy atom. The number of nitrogens with zero attached hydrogens (tertiary/aromatic N) is 2. The van der Waals surface area contributed by atoms with Crippen LogP contribution in [0, 0.1) is 0 Å². The number of rotatable bonds is 5. The fourth-order valence-electron chi connectivity index (χ4n) is 3.98. The van der Waals surface area contributed by atoms with Crippen molar-refractivity contribution in [2.45, 2.75) is 24.9 Å². The largest absolute Gasteiger partial charge is 0.342 e. The number of hydrogen-bond acceptors (Lipinski definition) is 3. The molecule has 0 aliphatic carbocycles. The summed E-state index contributed by atoms with van der Waals surface area (Å²) >= 11 is 0. The van der Waals surface area contributed by atoms with E-state index in [-0.39, 0.29) is 17.9 Å². The van der Waals surface area contributed by atoms with Crippen molar-refractivity contribution in [3.05, 3.63) is 71.8 Å². The Balaban J connectivity index is 1.36. The molecule has 0 radical (unpaired) electrons. The first-order valence-corrected chi connectivity index (χ1v) is 9.62. The van der Waals surface area contributed by atoms with Crippen molar-refractivity contribution >= 4 is 11.8 Å². The second kappa shape index (κ2) is 7.92. The molecule has 5 heteroatoms. The van der Waals surface area contributed by atoms with Gasteiger partial charge in [-0.1, -0.05) is 60.7 Å². The van der Waals surface area contributed by atoms with Crippen LogP contribution in [0.4, 0.5) is 0 Å². The highest BCUT2D eigenvalue weighted by Gasteiger charge is 2.43. The van der Waals surface area contributed by atoms with Gasteiger partial charge in [-0.2, -0.15) is 0 Å². The first-order chi connectivity index (χ1) is 13.2. The van der Waals surface area contributed by atoms with Gasteiger partial charge in [0.1, 0.15) is 12.1 Å². The predicted octanol–water partition coefficient (Wildman–Crippen LogP) is 1.48. The summed E-state index contributed by atoms with van der Waals surface area (Å²) in [6.45, 7) is 2.96. The molecule has 2 aromatic rings. The maximum Gasteiger partial charge on any atom is 0.246 e. The molecular formula is C22H25N3O2. The standard InChI is InChI=1S/C22H25N3O2/c26-21-20-16-24(12-11-17-7-3-1-4-8-17)13-14-25(20)22(27)19(23-21)15-18-9-5-2-6-10-18/h1-10,19-20H,11-16H2,(H,23,26)/t19-,20-/m1/s1. The van der Waals surface area contributed by atoms with Gasteiger partial charge in [0, 0.05) is 32.6 Å². The van der Waals surface area contributed by atoms with Gasteiger partial charge in [-0.15, -0.1) is 0 Å². The summed E-state index contributed by atoms with van der Waals surface area (Å²) in [4.78, 5) is 29.6. The molecule has 0 saturated carbocycles. The zero-order valence-electron chi connectivity index (χ0n) is 15.4. The van der Waals surface area contributed by atoms with E-state index in [1.807, 2.05) is 48.5 Å². The first-order valence-electron chi connectivity index (χ1n) is 9.62. The van der Waals surface area contributed by atoms with E-state index in [1.54, 1.807) is 4.90 Å². The molecule has 0 bridgehead atoms. The maximum absolute atomic E-state index is 12.9. The molecule has 2 amide bonds. The van der Waals surface area contributed by atoms with E-state index in [4.69, 9.17) is 0 Å². The van der Waals surface area contributed by atoms with Gasteiger partial charge in [0.05, 0.1) is 0 Å². The third kappa shape index (κ3) is 4.03. The van der Waals surface area contributed by atoms with Crippen LogP contribution < -0.4 is 5.32 Å². The molecule has 2 aliphatic heterocycles. The Hall–Kier alpha value is -2.66. The molecule has 140 valence electrons. The van der Waals surface area contributed by atoms with E-state index < -0.39 is 6.04 Å². The second-order valence-corrected chi connectivity index (χ2v) is 7.33. The number of hydrogen-bond donors (Lipinski definition) is 1. The van der Waals surface area contributed by atoms with Crippen molar-refractivity contribution in [3.63, 3.8) is 0 Å². The van der Waals surface area contributed by atoms with Crippen LogP contribution in [0.25, 0.3) is 0 Å². The van der Waals surface area contributed by atoms with Crippen molar-refractivity contribution in [1.29, 1.82) is 0 Å². The number of carbonyl (C=O) groups excluding carboxylic acids is 2. The smallest absolute Gasteiger partial charge is 0.246 e. The van der Waals surface area contributed by atoms with Crippen LogP contribution in [0.15, 0.2) is 60.7 Å². The summed E-state index contributed by atoms with van der Waals surface area (Å²) < 4.78 is 0. The third-order valence-electron chi connectivity index (χ3n) is 5.51. The van der Waals surface area contributed by atoms with E-state index in [2.05, 4.69) is 22.3 Å². The van der Waals surface area contributed by atoms with E-state index in [1.165, 1.54) is 5.56 Å². The molecule has 2 fully saturated rings. The van der Waals surface area contributed by atoms with Gasteiger partial charge in [-0.3, -0.25) is 14.5 Å². The fraction of sp³-hybridized carbons (Fsp3) is 0.364. The molecule has 2 aromatic carbocycles. The van der Waals surface area contributed by atoms with E-state index in [9.17, 15) is 9.59 Å². The average Bonchev–Trinajstić information content (AvgIpc) is 2.72. The number of fused-ring (bicyclic) bond motifs is 1. The molecule has 0 unspecified atom stereocenters. The van der Waals surface area contributed by atoms with E-state index in [0.717, 1.165) is 25.1 Å². The Bertz CT molecular complexity index is 794. The topological polar surface area (TPSA) is 52.7 Å². The lowest BCUT2D eigenvalue weighted by Gasteiger charge is -2.45. The van der Waals surface area contributed by atoms with E-state index in [0.29, 0.717) is 19.5 Å². The molecule has 2 atom stereocenters. The minimum Gasteiger partial charge on any atom is -0.342 e. The van der Waals surface area contributed by atoms with Crippen LogP contribution in [0.1, 0.15) is 11.1 Å². The number of amides is 2. The Morgan fingerprint density at radius 1 is 0.889 bits per heavy atom. The molecule has 2 aliphatic rings. The van der Waals surface area contributed by atoms with Crippen molar-refractivity contribution in [2.75, 3.05) is 26.2 Å². The molecule has 4 rings (SSSR count). The number of benzene rings is 2. The SMILES string of the molecule is O=C1N[C@H](Cc2ccccc2)C(=O)N2CCN(CCc3ccccc3)C[C@H]12. The summed E-state index contributed by atoms with van der Waals surface area (Å²) in [6, 6.07) is 19.4. The molecule has 5 nitrogen and oxygen atoms in total. The quantitative estimate of drug-likeness (QED) is 0.876. The van der Waals surface area contributed by atoms with Crippen molar-refractivity contribution in [3.8, 4) is 0 Å². The Morgan fingerprint density at radius 3 is 2.26 bits per heavy atom. The molecule has 2 saturated heterocycles. The van der Waals surface area contributed by atoms with Gasteiger partial charge in [-0.05, 0) is 17.5 Å². The van der Waals surface area contributed by atoms with Crippen LogP contribution in [0.2, 0.25) is 0 Å². The highest BCUT2D eigenvalue weighted by atomic mass is 16.2.